The monoisotopic (exact) mass is 377 g/mol. The van der Waals surface area contributed by atoms with E-state index in [2.05, 4.69) is 0 Å². The summed E-state index contributed by atoms with van der Waals surface area (Å²) >= 11 is 0. The molecule has 1 aliphatic heterocycles. The molecule has 7 heteroatoms. The van der Waals surface area contributed by atoms with Gasteiger partial charge in [0.05, 0.1) is 23.7 Å². The molecule has 0 spiro atoms. The first kappa shape index (κ1) is 18.7. The second-order valence-corrected chi connectivity index (χ2v) is 9.19. The maximum absolute atomic E-state index is 13.0. The van der Waals surface area contributed by atoms with Crippen molar-refractivity contribution in [3.05, 3.63) is 47.7 Å². The van der Waals surface area contributed by atoms with Crippen molar-refractivity contribution in [3.8, 4) is 11.3 Å². The van der Waals surface area contributed by atoms with Crippen LogP contribution in [-0.4, -0.2) is 54.5 Å². The summed E-state index contributed by atoms with van der Waals surface area (Å²) < 4.78 is 29.4. The quantitative estimate of drug-likeness (QED) is 0.864. The van der Waals surface area contributed by atoms with E-state index in [0.717, 1.165) is 17.1 Å². The molecule has 1 aromatic heterocycles. The lowest BCUT2D eigenvalue weighted by atomic mass is 9.97. The molecular weight excluding hydrogens is 354 g/mol. The summed E-state index contributed by atoms with van der Waals surface area (Å²) in [5, 5.41) is 9.38. The van der Waals surface area contributed by atoms with Crippen LogP contribution in [0.3, 0.4) is 0 Å². The van der Waals surface area contributed by atoms with Gasteiger partial charge in [-0.3, -0.25) is 4.79 Å². The van der Waals surface area contributed by atoms with Crippen LogP contribution in [0.4, 0.5) is 0 Å². The first-order chi connectivity index (χ1) is 12.2. The van der Waals surface area contributed by atoms with Crippen molar-refractivity contribution in [2.75, 3.05) is 24.7 Å². The number of sulfone groups is 1. The van der Waals surface area contributed by atoms with E-state index in [1.807, 2.05) is 19.1 Å². The number of aliphatic hydroxyl groups is 1. The van der Waals surface area contributed by atoms with E-state index in [4.69, 9.17) is 4.42 Å². The summed E-state index contributed by atoms with van der Waals surface area (Å²) in [5.74, 6) is 1.25. The van der Waals surface area contributed by atoms with Crippen LogP contribution in [0.15, 0.2) is 40.8 Å². The minimum Gasteiger partial charge on any atom is -0.461 e. The molecule has 1 N–H and O–H groups in total. The Bertz CT molecular complexity index is 900. The smallest absolute Gasteiger partial charge is 0.254 e. The summed E-state index contributed by atoms with van der Waals surface area (Å²) in [6, 6.07) is 10.7. The number of carbonyl (C=O) groups excluding carboxylic acids is 1. The molecule has 0 bridgehead atoms. The van der Waals surface area contributed by atoms with Crippen LogP contribution in [0.25, 0.3) is 11.3 Å². The second-order valence-electron chi connectivity index (χ2n) is 7.01. The molecule has 1 saturated heterocycles. The third kappa shape index (κ3) is 3.68. The molecule has 1 aliphatic rings. The van der Waals surface area contributed by atoms with Crippen molar-refractivity contribution >= 4 is 15.7 Å². The first-order valence-electron chi connectivity index (χ1n) is 8.54. The Kier molecular flexibility index (Phi) is 4.94. The Morgan fingerprint density at radius 1 is 1.23 bits per heavy atom. The molecular formula is C19H23NO5S. The van der Waals surface area contributed by atoms with Crippen LogP contribution in [0.5, 0.6) is 0 Å². The molecule has 6 nitrogen and oxygen atoms in total. The van der Waals surface area contributed by atoms with Gasteiger partial charge in [0.2, 0.25) is 0 Å². The lowest BCUT2D eigenvalue weighted by Gasteiger charge is -2.37. The third-order valence-corrected chi connectivity index (χ3v) is 6.75. The van der Waals surface area contributed by atoms with E-state index >= 15 is 0 Å². The Morgan fingerprint density at radius 3 is 2.42 bits per heavy atom. The zero-order valence-electron chi connectivity index (χ0n) is 14.9. The fourth-order valence-electron chi connectivity index (χ4n) is 3.45. The van der Waals surface area contributed by atoms with E-state index in [0.29, 0.717) is 12.0 Å². The van der Waals surface area contributed by atoms with Crippen LogP contribution in [0, 0.1) is 6.92 Å². The van der Waals surface area contributed by atoms with Crippen LogP contribution in [-0.2, 0) is 9.84 Å². The lowest BCUT2D eigenvalue weighted by molar-refractivity contribution is 0.0503. The number of furan rings is 1. The summed E-state index contributed by atoms with van der Waals surface area (Å²) in [4.78, 5) is 14.5. The number of aryl methyl sites for hydroxylation is 1. The van der Waals surface area contributed by atoms with Crippen molar-refractivity contribution in [3.63, 3.8) is 0 Å². The minimum absolute atomic E-state index is 0.0650. The molecule has 140 valence electrons. The Hall–Kier alpha value is -2.12. The lowest BCUT2D eigenvalue weighted by Crippen LogP contribution is -2.51. The van der Waals surface area contributed by atoms with Gasteiger partial charge in [-0.25, -0.2) is 8.42 Å². The fourth-order valence-corrected chi connectivity index (χ4v) is 5.59. The molecule has 1 unspecified atom stereocenters. The minimum atomic E-state index is -3.16. The molecule has 3 rings (SSSR count). The van der Waals surface area contributed by atoms with E-state index in [1.54, 1.807) is 31.2 Å². The van der Waals surface area contributed by atoms with Crippen molar-refractivity contribution < 1.29 is 22.7 Å². The number of hydrogen-bond donors (Lipinski definition) is 1. The molecule has 26 heavy (non-hydrogen) atoms. The van der Waals surface area contributed by atoms with Gasteiger partial charge in [0, 0.05) is 17.7 Å². The fraction of sp³-hybridized carbons (Fsp3) is 0.421. The van der Waals surface area contributed by atoms with Crippen molar-refractivity contribution in [1.29, 1.82) is 0 Å². The number of carbonyl (C=O) groups is 1. The molecule has 0 saturated carbocycles. The van der Waals surface area contributed by atoms with Gasteiger partial charge in [0.1, 0.15) is 11.5 Å². The topological polar surface area (TPSA) is 87.8 Å². The van der Waals surface area contributed by atoms with Crippen LogP contribution in [0.1, 0.15) is 29.5 Å². The number of β-amino-alcohol motifs (C(OH)–C–C–N with tert-alkyl or cyclic N) is 1. The molecule has 0 radical (unpaired) electrons. The molecule has 0 aliphatic carbocycles. The summed E-state index contributed by atoms with van der Waals surface area (Å²) in [6.45, 7) is 3.52. The Balaban J connectivity index is 1.85. The van der Waals surface area contributed by atoms with Gasteiger partial charge in [-0.05, 0) is 44.5 Å². The molecule has 1 fully saturated rings. The highest BCUT2D eigenvalue weighted by molar-refractivity contribution is 7.91. The third-order valence-electron chi connectivity index (χ3n) is 4.86. The van der Waals surface area contributed by atoms with Gasteiger partial charge in [0.25, 0.3) is 5.91 Å². The molecule has 2 heterocycles. The number of hydrogen-bond acceptors (Lipinski definition) is 5. The number of rotatable bonds is 5. The maximum Gasteiger partial charge on any atom is 0.254 e. The zero-order chi connectivity index (χ0) is 18.9. The Labute approximate surface area is 153 Å². The molecule has 2 aromatic rings. The summed E-state index contributed by atoms with van der Waals surface area (Å²) in [7, 11) is -3.16. The SMILES string of the molecule is Cc1ccc(-c2ccc(C(=O)N(CCO)C3(C)CCS(=O)(=O)C3)cc2)o1. The average Bonchev–Trinajstić information content (AvgIpc) is 3.15. The number of nitrogens with zero attached hydrogens (tertiary/aromatic N) is 1. The van der Waals surface area contributed by atoms with E-state index in [-0.39, 0.29) is 30.6 Å². The summed E-state index contributed by atoms with van der Waals surface area (Å²) in [6.07, 6.45) is 0.380. The number of amides is 1. The molecule has 1 atom stereocenters. The highest BCUT2D eigenvalue weighted by atomic mass is 32.2. The van der Waals surface area contributed by atoms with Crippen LogP contribution in [0.2, 0.25) is 0 Å². The number of aliphatic hydroxyl groups excluding tert-OH is 1. The number of benzene rings is 1. The Morgan fingerprint density at radius 2 is 1.92 bits per heavy atom. The molecule has 1 aromatic carbocycles. The van der Waals surface area contributed by atoms with Crippen LogP contribution >= 0.6 is 0 Å². The predicted molar refractivity (Wildman–Crippen MR) is 98.7 cm³/mol. The molecule has 1 amide bonds. The maximum atomic E-state index is 13.0. The predicted octanol–water partition coefficient (Wildman–Crippen LogP) is 2.27. The van der Waals surface area contributed by atoms with E-state index < -0.39 is 15.4 Å². The van der Waals surface area contributed by atoms with E-state index in [9.17, 15) is 18.3 Å². The van der Waals surface area contributed by atoms with Gasteiger partial charge in [0.15, 0.2) is 9.84 Å². The van der Waals surface area contributed by atoms with Crippen molar-refractivity contribution in [2.24, 2.45) is 0 Å². The standard InChI is InChI=1S/C19H23NO5S/c1-14-3-8-17(25-14)15-4-6-16(7-5-15)18(22)20(10-11-21)19(2)9-12-26(23,24)13-19/h3-8,21H,9-13H2,1-2H3. The van der Waals surface area contributed by atoms with Gasteiger partial charge < -0.3 is 14.4 Å². The normalized spacial score (nSPS) is 21.7. The largest absolute Gasteiger partial charge is 0.461 e. The van der Waals surface area contributed by atoms with E-state index in [1.165, 1.54) is 4.90 Å². The van der Waals surface area contributed by atoms with Crippen LogP contribution < -0.4 is 0 Å². The van der Waals surface area contributed by atoms with Gasteiger partial charge in [-0.2, -0.15) is 0 Å². The first-order valence-corrected chi connectivity index (χ1v) is 10.4. The highest BCUT2D eigenvalue weighted by Crippen LogP contribution is 2.31. The average molecular weight is 377 g/mol. The zero-order valence-corrected chi connectivity index (χ0v) is 15.8. The van der Waals surface area contributed by atoms with Gasteiger partial charge in [-0.15, -0.1) is 0 Å². The second kappa shape index (κ2) is 6.89. The summed E-state index contributed by atoms with van der Waals surface area (Å²) in [5.41, 5.74) is 0.518. The highest BCUT2D eigenvalue weighted by Gasteiger charge is 2.44. The van der Waals surface area contributed by atoms with Crippen molar-refractivity contribution in [1.82, 2.24) is 4.90 Å². The van der Waals surface area contributed by atoms with Gasteiger partial charge in [-0.1, -0.05) is 12.1 Å². The van der Waals surface area contributed by atoms with Gasteiger partial charge >= 0.3 is 0 Å². The van der Waals surface area contributed by atoms with Crippen molar-refractivity contribution in [2.45, 2.75) is 25.8 Å².